The van der Waals surface area contributed by atoms with Crippen molar-refractivity contribution in [3.8, 4) is 5.75 Å². The lowest BCUT2D eigenvalue weighted by molar-refractivity contribution is -0.108. The fourth-order valence-electron chi connectivity index (χ4n) is 1.56. The average molecular weight is 220 g/mol. The first kappa shape index (κ1) is 12.8. The molecule has 1 aromatic rings. The maximum absolute atomic E-state index is 10.1. The number of carbonyl (C=O) groups is 1. The van der Waals surface area contributed by atoms with Crippen LogP contribution in [0.15, 0.2) is 24.3 Å². The van der Waals surface area contributed by atoms with Crippen LogP contribution in [0.4, 0.5) is 0 Å². The van der Waals surface area contributed by atoms with E-state index in [0.717, 1.165) is 18.5 Å². The summed E-state index contributed by atoms with van der Waals surface area (Å²) in [5.74, 6) is 0.848. The molecule has 2 heteroatoms. The number of ether oxygens (including phenoxy) is 1. The van der Waals surface area contributed by atoms with Gasteiger partial charge in [-0.2, -0.15) is 0 Å². The van der Waals surface area contributed by atoms with Crippen molar-refractivity contribution in [2.24, 2.45) is 0 Å². The van der Waals surface area contributed by atoms with Gasteiger partial charge in [-0.3, -0.25) is 0 Å². The Morgan fingerprint density at radius 2 is 1.94 bits per heavy atom. The van der Waals surface area contributed by atoms with E-state index >= 15 is 0 Å². The summed E-state index contributed by atoms with van der Waals surface area (Å²) in [7, 11) is 0. The van der Waals surface area contributed by atoms with E-state index in [1.165, 1.54) is 24.8 Å². The topological polar surface area (TPSA) is 26.3 Å². The molecule has 0 unspecified atom stereocenters. The summed E-state index contributed by atoms with van der Waals surface area (Å²) in [6.45, 7) is 2.68. The third-order valence-corrected chi connectivity index (χ3v) is 2.50. The average Bonchev–Trinajstić information content (AvgIpc) is 2.32. The number of carbonyl (C=O) groups excluding carboxylic acids is 1. The van der Waals surface area contributed by atoms with Gasteiger partial charge in [0.15, 0.2) is 0 Å². The minimum Gasteiger partial charge on any atom is -0.493 e. The molecule has 0 saturated heterocycles. The molecule has 0 aliphatic rings. The smallest absolute Gasteiger partial charge is 0.123 e. The van der Waals surface area contributed by atoms with E-state index in [1.54, 1.807) is 0 Å². The zero-order valence-corrected chi connectivity index (χ0v) is 9.95. The fraction of sp³-hybridized carbons (Fsp3) is 0.500. The summed E-state index contributed by atoms with van der Waals surface area (Å²) < 4.78 is 5.40. The Morgan fingerprint density at radius 3 is 2.56 bits per heavy atom. The van der Waals surface area contributed by atoms with Crippen molar-refractivity contribution in [1.29, 1.82) is 0 Å². The predicted octanol–water partition coefficient (Wildman–Crippen LogP) is 3.39. The van der Waals surface area contributed by atoms with Gasteiger partial charge in [0.2, 0.25) is 0 Å². The van der Waals surface area contributed by atoms with Crippen LogP contribution in [0.2, 0.25) is 0 Å². The fourth-order valence-corrected chi connectivity index (χ4v) is 1.56. The molecule has 0 aliphatic carbocycles. The Balaban J connectivity index is 2.32. The highest BCUT2D eigenvalue weighted by atomic mass is 16.5. The molecule has 1 rings (SSSR count). The summed E-state index contributed by atoms with van der Waals surface area (Å²) >= 11 is 0. The van der Waals surface area contributed by atoms with E-state index in [0.29, 0.717) is 13.0 Å². The van der Waals surface area contributed by atoms with Crippen LogP contribution in [-0.4, -0.2) is 12.9 Å². The number of benzene rings is 1. The highest BCUT2D eigenvalue weighted by Gasteiger charge is 1.95. The largest absolute Gasteiger partial charge is 0.493 e. The molecule has 16 heavy (non-hydrogen) atoms. The molecular formula is C14H20O2. The minimum absolute atomic E-state index is 0.457. The molecule has 0 aromatic heterocycles. The van der Waals surface area contributed by atoms with Gasteiger partial charge in [0, 0.05) is 6.42 Å². The van der Waals surface area contributed by atoms with Crippen molar-refractivity contribution in [3.63, 3.8) is 0 Å². The summed E-state index contributed by atoms with van der Waals surface area (Å²) in [5.41, 5.74) is 1.36. The van der Waals surface area contributed by atoms with Gasteiger partial charge < -0.3 is 9.53 Å². The summed E-state index contributed by atoms with van der Waals surface area (Å²) in [5, 5.41) is 0. The van der Waals surface area contributed by atoms with E-state index in [2.05, 4.69) is 19.1 Å². The molecule has 0 spiro atoms. The van der Waals surface area contributed by atoms with Gasteiger partial charge in [-0.25, -0.2) is 0 Å². The lowest BCUT2D eigenvalue weighted by atomic mass is 10.1. The van der Waals surface area contributed by atoms with Gasteiger partial charge in [0.05, 0.1) is 6.61 Å². The van der Waals surface area contributed by atoms with Crippen molar-refractivity contribution < 1.29 is 9.53 Å². The van der Waals surface area contributed by atoms with E-state index < -0.39 is 0 Å². The molecule has 2 nitrogen and oxygen atoms in total. The Kier molecular flexibility index (Phi) is 6.31. The first-order valence-electron chi connectivity index (χ1n) is 6.02. The number of hydrogen-bond donors (Lipinski definition) is 0. The number of aryl methyl sites for hydroxylation is 1. The van der Waals surface area contributed by atoms with Crippen molar-refractivity contribution in [2.75, 3.05) is 6.61 Å². The second-order valence-electron chi connectivity index (χ2n) is 3.90. The Hall–Kier alpha value is -1.31. The maximum Gasteiger partial charge on any atom is 0.123 e. The van der Waals surface area contributed by atoms with Gasteiger partial charge in [0.25, 0.3) is 0 Å². The van der Waals surface area contributed by atoms with Gasteiger partial charge in [-0.15, -0.1) is 0 Å². The van der Waals surface area contributed by atoms with Crippen molar-refractivity contribution in [3.05, 3.63) is 29.8 Å². The minimum atomic E-state index is 0.457. The lowest BCUT2D eigenvalue weighted by Crippen LogP contribution is -1.97. The number of rotatable bonds is 8. The van der Waals surface area contributed by atoms with Gasteiger partial charge >= 0.3 is 0 Å². The maximum atomic E-state index is 10.1. The van der Waals surface area contributed by atoms with Crippen molar-refractivity contribution in [2.45, 2.75) is 39.0 Å². The number of unbranched alkanes of at least 4 members (excludes halogenated alkanes) is 2. The molecule has 0 amide bonds. The third-order valence-electron chi connectivity index (χ3n) is 2.50. The summed E-state index contributed by atoms with van der Waals surface area (Å²) in [4.78, 5) is 10.1. The van der Waals surface area contributed by atoms with Crippen LogP contribution in [0, 0.1) is 0 Å². The molecule has 0 radical (unpaired) electrons. The molecule has 0 saturated carbocycles. The van der Waals surface area contributed by atoms with Crippen LogP contribution >= 0.6 is 0 Å². The standard InChI is InChI=1S/C14H20O2/c1-2-3-4-6-13-7-9-14(10-8-13)16-12-5-11-15/h7-11H,2-6,12H2,1H3. The number of aldehydes is 1. The highest BCUT2D eigenvalue weighted by molar-refractivity contribution is 5.49. The van der Waals surface area contributed by atoms with Crippen LogP contribution in [-0.2, 0) is 11.2 Å². The monoisotopic (exact) mass is 220 g/mol. The van der Waals surface area contributed by atoms with E-state index in [1.807, 2.05) is 12.1 Å². The van der Waals surface area contributed by atoms with E-state index in [9.17, 15) is 4.79 Å². The van der Waals surface area contributed by atoms with Crippen LogP contribution in [0.25, 0.3) is 0 Å². The normalized spacial score (nSPS) is 10.1. The second kappa shape index (κ2) is 7.91. The van der Waals surface area contributed by atoms with Gasteiger partial charge in [0.1, 0.15) is 12.0 Å². The SMILES string of the molecule is CCCCCc1ccc(OCCC=O)cc1. The Bertz CT molecular complexity index is 290. The van der Waals surface area contributed by atoms with Crippen molar-refractivity contribution >= 4 is 6.29 Å². The van der Waals surface area contributed by atoms with E-state index in [4.69, 9.17) is 4.74 Å². The molecule has 0 heterocycles. The second-order valence-corrected chi connectivity index (χ2v) is 3.90. The highest BCUT2D eigenvalue weighted by Crippen LogP contribution is 2.14. The van der Waals surface area contributed by atoms with Crippen LogP contribution < -0.4 is 4.74 Å². The molecule has 0 bridgehead atoms. The summed E-state index contributed by atoms with van der Waals surface area (Å²) in [6.07, 6.45) is 6.27. The first-order valence-corrected chi connectivity index (χ1v) is 6.02. The summed E-state index contributed by atoms with van der Waals surface area (Å²) in [6, 6.07) is 8.16. The Morgan fingerprint density at radius 1 is 1.19 bits per heavy atom. The van der Waals surface area contributed by atoms with Crippen LogP contribution in [0.3, 0.4) is 0 Å². The quantitative estimate of drug-likeness (QED) is 0.496. The van der Waals surface area contributed by atoms with Gasteiger partial charge in [-0.1, -0.05) is 31.9 Å². The molecule has 88 valence electrons. The molecule has 0 fully saturated rings. The molecule has 0 aliphatic heterocycles. The molecular weight excluding hydrogens is 200 g/mol. The zero-order chi connectivity index (χ0) is 11.6. The third kappa shape index (κ3) is 4.96. The molecule has 0 N–H and O–H groups in total. The lowest BCUT2D eigenvalue weighted by Gasteiger charge is -2.05. The van der Waals surface area contributed by atoms with E-state index in [-0.39, 0.29) is 0 Å². The van der Waals surface area contributed by atoms with Gasteiger partial charge in [-0.05, 0) is 30.5 Å². The van der Waals surface area contributed by atoms with Crippen LogP contribution in [0.1, 0.15) is 38.2 Å². The predicted molar refractivity (Wildman–Crippen MR) is 65.8 cm³/mol. The zero-order valence-electron chi connectivity index (χ0n) is 9.95. The first-order chi connectivity index (χ1) is 7.86. The Labute approximate surface area is 97.6 Å². The van der Waals surface area contributed by atoms with Crippen LogP contribution in [0.5, 0.6) is 5.75 Å². The molecule has 0 atom stereocenters. The van der Waals surface area contributed by atoms with Crippen molar-refractivity contribution in [1.82, 2.24) is 0 Å². The molecule has 1 aromatic carbocycles. The number of hydrogen-bond acceptors (Lipinski definition) is 2.